The number of amides is 1. The van der Waals surface area contributed by atoms with Crippen LogP contribution in [-0.4, -0.2) is 18.2 Å². The summed E-state index contributed by atoms with van der Waals surface area (Å²) < 4.78 is 26.7. The van der Waals surface area contributed by atoms with Crippen molar-refractivity contribution in [2.24, 2.45) is 0 Å². The lowest BCUT2D eigenvalue weighted by atomic mass is 9.99. The Morgan fingerprint density at radius 3 is 2.62 bits per heavy atom. The Morgan fingerprint density at radius 2 is 1.86 bits per heavy atom. The number of rotatable bonds is 1. The van der Waals surface area contributed by atoms with Gasteiger partial charge in [0.15, 0.2) is 5.78 Å². The van der Waals surface area contributed by atoms with Crippen LogP contribution in [0.4, 0.5) is 14.5 Å². The molecule has 0 N–H and O–H groups in total. The van der Waals surface area contributed by atoms with E-state index in [2.05, 4.69) is 0 Å². The van der Waals surface area contributed by atoms with Gasteiger partial charge in [0.05, 0.1) is 11.3 Å². The van der Waals surface area contributed by atoms with Crippen LogP contribution in [0.3, 0.4) is 0 Å². The minimum absolute atomic E-state index is 0.0470. The van der Waals surface area contributed by atoms with Gasteiger partial charge in [-0.2, -0.15) is 0 Å². The topological polar surface area (TPSA) is 37.4 Å². The lowest BCUT2D eigenvalue weighted by molar-refractivity contribution is 0.0953. The molecular weight excluding hydrogens is 276 g/mol. The summed E-state index contributed by atoms with van der Waals surface area (Å²) in [6.45, 7) is 0.186. The number of hydrogen-bond acceptors (Lipinski definition) is 2. The zero-order valence-corrected chi connectivity index (χ0v) is 11.0. The zero-order chi connectivity index (χ0) is 15.0. The molecular formula is C16H11F2NO2. The Labute approximate surface area is 119 Å². The van der Waals surface area contributed by atoms with Crippen LogP contribution in [0.15, 0.2) is 42.5 Å². The fourth-order valence-corrected chi connectivity index (χ4v) is 2.43. The summed E-state index contributed by atoms with van der Waals surface area (Å²) >= 11 is 0. The first kappa shape index (κ1) is 13.4. The van der Waals surface area contributed by atoms with Gasteiger partial charge in [-0.15, -0.1) is 0 Å². The maximum atomic E-state index is 13.8. The van der Waals surface area contributed by atoms with E-state index in [1.165, 1.54) is 4.90 Å². The van der Waals surface area contributed by atoms with Gasteiger partial charge in [0.25, 0.3) is 5.91 Å². The molecule has 5 heteroatoms. The van der Waals surface area contributed by atoms with Crippen molar-refractivity contribution in [3.8, 4) is 0 Å². The molecule has 0 atom stereocenters. The van der Waals surface area contributed by atoms with Crippen LogP contribution in [-0.2, 0) is 0 Å². The molecule has 1 amide bonds. The predicted octanol–water partition coefficient (Wildman–Crippen LogP) is 3.20. The van der Waals surface area contributed by atoms with Crippen LogP contribution in [0.25, 0.3) is 0 Å². The van der Waals surface area contributed by atoms with Crippen molar-refractivity contribution >= 4 is 17.4 Å². The van der Waals surface area contributed by atoms with Crippen molar-refractivity contribution in [3.05, 3.63) is 65.2 Å². The molecule has 0 spiro atoms. The van der Waals surface area contributed by atoms with Crippen molar-refractivity contribution in [2.45, 2.75) is 6.42 Å². The van der Waals surface area contributed by atoms with Gasteiger partial charge in [0.1, 0.15) is 11.6 Å². The molecule has 0 fully saturated rings. The smallest absolute Gasteiger partial charge is 0.261 e. The molecule has 0 aromatic heterocycles. The third kappa shape index (κ3) is 2.31. The van der Waals surface area contributed by atoms with Crippen molar-refractivity contribution in [3.63, 3.8) is 0 Å². The number of hydrogen-bond donors (Lipinski definition) is 0. The van der Waals surface area contributed by atoms with Crippen molar-refractivity contribution < 1.29 is 18.4 Å². The molecule has 0 saturated carbocycles. The number of nitrogens with zero attached hydrogens (tertiary/aromatic N) is 1. The van der Waals surface area contributed by atoms with Crippen molar-refractivity contribution in [2.75, 3.05) is 11.4 Å². The second-order valence-electron chi connectivity index (χ2n) is 4.77. The van der Waals surface area contributed by atoms with E-state index in [0.717, 1.165) is 12.1 Å². The molecule has 0 unspecified atom stereocenters. The van der Waals surface area contributed by atoms with Gasteiger partial charge in [-0.1, -0.05) is 12.1 Å². The summed E-state index contributed by atoms with van der Waals surface area (Å²) in [6.07, 6.45) is 0.186. The highest BCUT2D eigenvalue weighted by Gasteiger charge is 2.28. The normalized spacial score (nSPS) is 14.0. The molecule has 2 aromatic carbocycles. The molecule has 106 valence electrons. The number of carbonyl (C=O) groups excluding carboxylic acids is 2. The number of halogens is 2. The second-order valence-corrected chi connectivity index (χ2v) is 4.77. The quantitative estimate of drug-likeness (QED) is 0.807. The highest BCUT2D eigenvalue weighted by molar-refractivity contribution is 6.13. The third-order valence-corrected chi connectivity index (χ3v) is 3.46. The van der Waals surface area contributed by atoms with Crippen LogP contribution in [0.2, 0.25) is 0 Å². The number of para-hydroxylation sites is 1. The van der Waals surface area contributed by atoms with Crippen LogP contribution >= 0.6 is 0 Å². The Balaban J connectivity index is 2.03. The van der Waals surface area contributed by atoms with Crippen LogP contribution < -0.4 is 4.90 Å². The molecule has 0 aliphatic carbocycles. The van der Waals surface area contributed by atoms with E-state index in [-0.39, 0.29) is 24.3 Å². The van der Waals surface area contributed by atoms with Crippen molar-refractivity contribution in [1.29, 1.82) is 0 Å². The Kier molecular flexibility index (Phi) is 3.25. The molecule has 1 aliphatic rings. The summed E-state index contributed by atoms with van der Waals surface area (Å²) in [6, 6.07) is 9.53. The molecule has 3 nitrogen and oxygen atoms in total. The van der Waals surface area contributed by atoms with E-state index in [9.17, 15) is 18.4 Å². The molecule has 0 bridgehead atoms. The van der Waals surface area contributed by atoms with Gasteiger partial charge in [-0.25, -0.2) is 8.78 Å². The number of fused-ring (bicyclic) bond motifs is 1. The van der Waals surface area contributed by atoms with Crippen molar-refractivity contribution in [1.82, 2.24) is 0 Å². The van der Waals surface area contributed by atoms with Gasteiger partial charge >= 0.3 is 0 Å². The Hall–Kier alpha value is -2.56. The van der Waals surface area contributed by atoms with Gasteiger partial charge < -0.3 is 4.90 Å². The third-order valence-electron chi connectivity index (χ3n) is 3.46. The first-order valence-corrected chi connectivity index (χ1v) is 6.47. The fourth-order valence-electron chi connectivity index (χ4n) is 2.43. The molecule has 2 aromatic rings. The maximum Gasteiger partial charge on any atom is 0.261 e. The zero-order valence-electron chi connectivity index (χ0n) is 11.0. The first-order valence-electron chi connectivity index (χ1n) is 6.47. The van der Waals surface area contributed by atoms with Gasteiger partial charge in [-0.3, -0.25) is 9.59 Å². The molecule has 21 heavy (non-hydrogen) atoms. The second kappa shape index (κ2) is 5.09. The average Bonchev–Trinajstić information content (AvgIpc) is 2.47. The Morgan fingerprint density at radius 1 is 1.10 bits per heavy atom. The van der Waals surface area contributed by atoms with E-state index in [1.807, 2.05) is 0 Å². The summed E-state index contributed by atoms with van der Waals surface area (Å²) in [5.41, 5.74) is 0.697. The minimum Gasteiger partial charge on any atom is -0.307 e. The van der Waals surface area contributed by atoms with Crippen LogP contribution in [0.1, 0.15) is 27.1 Å². The van der Waals surface area contributed by atoms with Gasteiger partial charge in [0, 0.05) is 24.6 Å². The predicted molar refractivity (Wildman–Crippen MR) is 73.4 cm³/mol. The van der Waals surface area contributed by atoms with Gasteiger partial charge in [0.2, 0.25) is 0 Å². The first-order chi connectivity index (χ1) is 10.1. The molecule has 1 aliphatic heterocycles. The number of Topliss-reactive ketones (excluding diaryl/α,β-unsaturated/α-hetero) is 1. The minimum atomic E-state index is -0.908. The molecule has 1 heterocycles. The highest BCUT2D eigenvalue weighted by atomic mass is 19.1. The van der Waals surface area contributed by atoms with Crippen LogP contribution in [0.5, 0.6) is 0 Å². The van der Waals surface area contributed by atoms with Gasteiger partial charge in [-0.05, 0) is 24.3 Å². The largest absolute Gasteiger partial charge is 0.307 e. The lowest BCUT2D eigenvalue weighted by Gasteiger charge is -2.28. The van der Waals surface area contributed by atoms with E-state index in [4.69, 9.17) is 0 Å². The average molecular weight is 287 g/mol. The van der Waals surface area contributed by atoms with E-state index < -0.39 is 17.5 Å². The molecule has 0 radical (unpaired) electrons. The fraction of sp³-hybridized carbons (Fsp3) is 0.125. The molecule has 3 rings (SSSR count). The van der Waals surface area contributed by atoms with E-state index in [0.29, 0.717) is 17.3 Å². The molecule has 0 saturated heterocycles. The number of benzene rings is 2. The monoisotopic (exact) mass is 287 g/mol. The van der Waals surface area contributed by atoms with E-state index in [1.54, 1.807) is 24.3 Å². The Bertz CT molecular complexity index is 743. The number of anilines is 1. The summed E-state index contributed by atoms with van der Waals surface area (Å²) in [7, 11) is 0. The SMILES string of the molecule is O=C1CCN(C(=O)c2ccc(F)cc2F)c2ccccc21. The summed E-state index contributed by atoms with van der Waals surface area (Å²) in [4.78, 5) is 25.6. The number of carbonyl (C=O) groups is 2. The highest BCUT2D eigenvalue weighted by Crippen LogP contribution is 2.28. The summed E-state index contributed by atoms with van der Waals surface area (Å²) in [5.74, 6) is -2.27. The maximum absolute atomic E-state index is 13.8. The standard InChI is InChI=1S/C16H11F2NO2/c17-10-5-6-11(13(18)9-10)16(21)19-8-7-15(20)12-3-1-2-4-14(12)19/h1-6,9H,7-8H2. The van der Waals surface area contributed by atoms with E-state index >= 15 is 0 Å². The lowest BCUT2D eigenvalue weighted by Crippen LogP contribution is -2.37. The summed E-state index contributed by atoms with van der Waals surface area (Å²) in [5, 5.41) is 0. The van der Waals surface area contributed by atoms with Crippen LogP contribution in [0, 0.1) is 11.6 Å². The number of ketones is 1.